The third-order valence-electron chi connectivity index (χ3n) is 3.16. The van der Waals surface area contributed by atoms with E-state index in [2.05, 4.69) is 4.74 Å². The van der Waals surface area contributed by atoms with Crippen molar-refractivity contribution in [3.63, 3.8) is 0 Å². The Hall–Kier alpha value is -1.60. The number of esters is 1. The second-order valence-corrected chi connectivity index (χ2v) is 5.73. The molecule has 2 rings (SSSR count). The van der Waals surface area contributed by atoms with Crippen molar-refractivity contribution < 1.29 is 19.2 Å². The van der Waals surface area contributed by atoms with E-state index in [4.69, 9.17) is 4.74 Å². The van der Waals surface area contributed by atoms with Crippen molar-refractivity contribution in [2.45, 2.75) is 29.6 Å². The summed E-state index contributed by atoms with van der Waals surface area (Å²) in [6.45, 7) is 2.60. The molecule has 0 aromatic heterocycles. The summed E-state index contributed by atoms with van der Waals surface area (Å²) in [5.41, 5.74) is 0.314. The third kappa shape index (κ3) is 3.10. The summed E-state index contributed by atoms with van der Waals surface area (Å²) >= 11 is 1.38. The molecule has 0 saturated carbocycles. The van der Waals surface area contributed by atoms with Crippen LogP contribution in [0.1, 0.15) is 23.7 Å². The lowest BCUT2D eigenvalue weighted by molar-refractivity contribution is -0.387. The summed E-state index contributed by atoms with van der Waals surface area (Å²) in [5.74, 6) is -0.502. The van der Waals surface area contributed by atoms with E-state index < -0.39 is 10.9 Å². The molecule has 1 aromatic carbocycles. The van der Waals surface area contributed by atoms with Crippen LogP contribution in [0.3, 0.4) is 0 Å². The minimum absolute atomic E-state index is 0.00162. The molecule has 0 aliphatic carbocycles. The number of hydrogen-bond donors (Lipinski definition) is 0. The molecule has 0 bridgehead atoms. The van der Waals surface area contributed by atoms with E-state index in [0.29, 0.717) is 17.1 Å². The molecule has 6 nitrogen and oxygen atoms in total. The number of thioether (sulfide) groups is 1. The van der Waals surface area contributed by atoms with Gasteiger partial charge in [-0.3, -0.25) is 10.1 Å². The van der Waals surface area contributed by atoms with Crippen molar-refractivity contribution in [3.05, 3.63) is 33.9 Å². The Morgan fingerprint density at radius 2 is 2.30 bits per heavy atom. The van der Waals surface area contributed by atoms with E-state index in [1.165, 1.54) is 37.1 Å². The first-order valence-electron chi connectivity index (χ1n) is 6.18. The average molecular weight is 297 g/mol. The molecule has 108 valence electrons. The highest BCUT2D eigenvalue weighted by atomic mass is 32.2. The van der Waals surface area contributed by atoms with Crippen molar-refractivity contribution in [1.82, 2.24) is 0 Å². The Kier molecular flexibility index (Phi) is 4.61. The van der Waals surface area contributed by atoms with E-state index in [1.807, 2.05) is 6.92 Å². The van der Waals surface area contributed by atoms with Crippen LogP contribution in [0.25, 0.3) is 0 Å². The molecule has 2 atom stereocenters. The number of carbonyl (C=O) groups is 1. The van der Waals surface area contributed by atoms with Crippen molar-refractivity contribution in [2.75, 3.05) is 13.7 Å². The molecular formula is C13H15NO5S. The molecule has 2 unspecified atom stereocenters. The number of benzene rings is 1. The number of rotatable bonds is 4. The minimum atomic E-state index is -0.502. The molecule has 1 saturated heterocycles. The van der Waals surface area contributed by atoms with Crippen LogP contribution in [0, 0.1) is 10.1 Å². The van der Waals surface area contributed by atoms with Crippen LogP contribution in [0.2, 0.25) is 0 Å². The summed E-state index contributed by atoms with van der Waals surface area (Å²) in [6.07, 6.45) is 0.882. The van der Waals surface area contributed by atoms with Crippen LogP contribution in [0.5, 0.6) is 0 Å². The van der Waals surface area contributed by atoms with Gasteiger partial charge in [0.15, 0.2) is 0 Å². The van der Waals surface area contributed by atoms with Crippen LogP contribution >= 0.6 is 11.8 Å². The summed E-state index contributed by atoms with van der Waals surface area (Å²) in [7, 11) is 1.28. The van der Waals surface area contributed by atoms with Crippen LogP contribution in [0.4, 0.5) is 5.69 Å². The first-order valence-corrected chi connectivity index (χ1v) is 7.06. The Morgan fingerprint density at radius 3 is 2.85 bits per heavy atom. The van der Waals surface area contributed by atoms with Gasteiger partial charge in [0, 0.05) is 17.9 Å². The van der Waals surface area contributed by atoms with Gasteiger partial charge < -0.3 is 9.47 Å². The number of methoxy groups -OCH3 is 1. The molecule has 0 N–H and O–H groups in total. The zero-order valence-electron chi connectivity index (χ0n) is 11.2. The number of ether oxygens (including phenoxy) is 2. The maximum Gasteiger partial charge on any atom is 0.337 e. The van der Waals surface area contributed by atoms with Gasteiger partial charge in [-0.2, -0.15) is 0 Å². The Labute approximate surface area is 120 Å². The Morgan fingerprint density at radius 1 is 1.55 bits per heavy atom. The lowest BCUT2D eigenvalue weighted by Gasteiger charge is -2.14. The summed E-state index contributed by atoms with van der Waals surface area (Å²) in [5, 5.41) is 11.2. The maximum absolute atomic E-state index is 11.5. The predicted octanol–water partition coefficient (Wildman–Crippen LogP) is 2.65. The molecule has 20 heavy (non-hydrogen) atoms. The molecule has 0 spiro atoms. The molecule has 1 heterocycles. The highest BCUT2D eigenvalue weighted by Gasteiger charge is 2.28. The van der Waals surface area contributed by atoms with Gasteiger partial charge in [-0.25, -0.2) is 4.79 Å². The molecule has 1 aliphatic rings. The van der Waals surface area contributed by atoms with E-state index >= 15 is 0 Å². The average Bonchev–Trinajstić information content (AvgIpc) is 2.83. The Bertz CT molecular complexity index is 533. The van der Waals surface area contributed by atoms with E-state index in [0.717, 1.165) is 6.42 Å². The fraction of sp³-hybridized carbons (Fsp3) is 0.462. The largest absolute Gasteiger partial charge is 0.465 e. The van der Waals surface area contributed by atoms with Gasteiger partial charge in [0.05, 0.1) is 28.6 Å². The molecular weight excluding hydrogens is 282 g/mol. The maximum atomic E-state index is 11.5. The molecule has 1 aliphatic heterocycles. The van der Waals surface area contributed by atoms with Gasteiger partial charge >= 0.3 is 5.97 Å². The number of nitro groups is 1. The summed E-state index contributed by atoms with van der Waals surface area (Å²) < 4.78 is 10.1. The standard InChI is InChI=1S/C13H15NO5S/c1-8-11(5-6-19-8)20-12-7-9(13(15)18-2)3-4-10(12)14(16)17/h3-4,7-8,11H,5-6H2,1-2H3. The normalized spacial score (nSPS) is 21.7. The van der Waals surface area contributed by atoms with Crippen molar-refractivity contribution >= 4 is 23.4 Å². The van der Waals surface area contributed by atoms with Gasteiger partial charge in [-0.05, 0) is 25.5 Å². The topological polar surface area (TPSA) is 78.7 Å². The number of carbonyl (C=O) groups excluding carboxylic acids is 1. The van der Waals surface area contributed by atoms with Crippen LogP contribution in [-0.2, 0) is 9.47 Å². The lowest BCUT2D eigenvalue weighted by Crippen LogP contribution is -2.13. The van der Waals surface area contributed by atoms with Gasteiger partial charge in [-0.1, -0.05) is 0 Å². The zero-order chi connectivity index (χ0) is 14.7. The smallest absolute Gasteiger partial charge is 0.337 e. The summed E-state index contributed by atoms with van der Waals surface area (Å²) in [6, 6.07) is 4.26. The molecule has 0 amide bonds. The lowest BCUT2D eigenvalue weighted by atomic mass is 10.2. The van der Waals surface area contributed by atoms with Gasteiger partial charge in [0.1, 0.15) is 0 Å². The highest BCUT2D eigenvalue weighted by molar-refractivity contribution is 8.00. The summed E-state index contributed by atoms with van der Waals surface area (Å²) in [4.78, 5) is 22.6. The third-order valence-corrected chi connectivity index (χ3v) is 4.67. The first kappa shape index (κ1) is 14.8. The van der Waals surface area contributed by atoms with Gasteiger partial charge in [0.2, 0.25) is 0 Å². The number of nitrogens with zero attached hydrogens (tertiary/aromatic N) is 1. The molecule has 7 heteroatoms. The van der Waals surface area contributed by atoms with E-state index in [1.54, 1.807) is 0 Å². The highest BCUT2D eigenvalue weighted by Crippen LogP contribution is 2.38. The number of hydrogen-bond acceptors (Lipinski definition) is 6. The Balaban J connectivity index is 2.31. The molecule has 1 aromatic rings. The van der Waals surface area contributed by atoms with Crippen LogP contribution < -0.4 is 0 Å². The molecule has 0 radical (unpaired) electrons. The quantitative estimate of drug-likeness (QED) is 0.483. The predicted molar refractivity (Wildman–Crippen MR) is 74.1 cm³/mol. The van der Waals surface area contributed by atoms with Gasteiger partial charge in [0.25, 0.3) is 5.69 Å². The second kappa shape index (κ2) is 6.23. The zero-order valence-corrected chi connectivity index (χ0v) is 12.0. The van der Waals surface area contributed by atoms with Gasteiger partial charge in [-0.15, -0.1) is 11.8 Å². The minimum Gasteiger partial charge on any atom is -0.465 e. The SMILES string of the molecule is COC(=O)c1ccc([N+](=O)[O-])c(SC2CCOC2C)c1. The van der Waals surface area contributed by atoms with Crippen LogP contribution in [0.15, 0.2) is 23.1 Å². The number of nitro benzene ring substituents is 1. The molecule has 1 fully saturated rings. The monoisotopic (exact) mass is 297 g/mol. The fourth-order valence-electron chi connectivity index (χ4n) is 2.03. The van der Waals surface area contributed by atoms with E-state index in [9.17, 15) is 14.9 Å². The van der Waals surface area contributed by atoms with E-state index in [-0.39, 0.29) is 17.0 Å². The second-order valence-electron chi connectivity index (χ2n) is 4.45. The van der Waals surface area contributed by atoms with Crippen LogP contribution in [-0.4, -0.2) is 36.0 Å². The van der Waals surface area contributed by atoms with Crippen molar-refractivity contribution in [2.24, 2.45) is 0 Å². The van der Waals surface area contributed by atoms with Crippen molar-refractivity contribution in [1.29, 1.82) is 0 Å². The van der Waals surface area contributed by atoms with Crippen molar-refractivity contribution in [3.8, 4) is 0 Å². The fourth-order valence-corrected chi connectivity index (χ4v) is 3.30. The first-order chi connectivity index (χ1) is 9.52.